The van der Waals surface area contributed by atoms with E-state index < -0.39 is 26.9 Å². The molecule has 0 atom stereocenters. The van der Waals surface area contributed by atoms with E-state index in [1.54, 1.807) is 6.92 Å². The fourth-order valence-corrected chi connectivity index (χ4v) is 0.702. The molecule has 9 heteroatoms. The third-order valence-corrected chi connectivity index (χ3v) is 2.90. The average molecular weight is 263 g/mol. The van der Waals surface area contributed by atoms with Gasteiger partial charge < -0.3 is 4.84 Å². The molecule has 5 nitrogen and oxygen atoms in total. The van der Waals surface area contributed by atoms with Crippen molar-refractivity contribution in [1.82, 2.24) is 4.89 Å². The number of hydrogen-bond acceptors (Lipinski definition) is 4. The maximum Gasteiger partial charge on any atom is 0.514 e. The minimum Gasteiger partial charge on any atom is -0.355 e. The lowest BCUT2D eigenvalue weighted by Gasteiger charge is -2.19. The highest BCUT2D eigenvalue weighted by Gasteiger charge is 2.47. The molecule has 0 aliphatic rings. The molecule has 16 heavy (non-hydrogen) atoms. The van der Waals surface area contributed by atoms with Gasteiger partial charge in [0, 0.05) is 0 Å². The molecule has 0 spiro atoms. The number of rotatable bonds is 4. The number of hydrogen-bond donors (Lipinski definition) is 1. The lowest BCUT2D eigenvalue weighted by atomic mass is 9.91. The van der Waals surface area contributed by atoms with Crippen LogP contribution in [0.2, 0.25) is 0 Å². The number of carbonyl (C=O) groups excluding carboxylic acids is 1. The lowest BCUT2D eigenvalue weighted by Crippen LogP contribution is -2.40. The van der Waals surface area contributed by atoms with Crippen LogP contribution in [0.3, 0.4) is 0 Å². The summed E-state index contributed by atoms with van der Waals surface area (Å²) in [6, 6.07) is 0. The Hall–Kier alpha value is -0.830. The maximum absolute atomic E-state index is 11.8. The van der Waals surface area contributed by atoms with E-state index in [0.717, 1.165) is 4.89 Å². The molecule has 0 radical (unpaired) electrons. The van der Waals surface area contributed by atoms with Gasteiger partial charge in [0.15, 0.2) is 0 Å². The predicted octanol–water partition coefficient (Wildman–Crippen LogP) is 1.32. The van der Waals surface area contributed by atoms with Crippen LogP contribution in [0.1, 0.15) is 27.2 Å². The molecule has 0 aromatic carbocycles. The van der Waals surface area contributed by atoms with Crippen molar-refractivity contribution in [2.24, 2.45) is 5.41 Å². The molecule has 0 heterocycles. The van der Waals surface area contributed by atoms with Crippen molar-refractivity contribution in [1.29, 1.82) is 0 Å². The van der Waals surface area contributed by atoms with Crippen molar-refractivity contribution in [2.75, 3.05) is 0 Å². The SMILES string of the molecule is CCC(C)(C)C(=O)ONS(=O)(=O)C(F)(F)F. The Labute approximate surface area is 91.0 Å². The van der Waals surface area contributed by atoms with Crippen molar-refractivity contribution in [2.45, 2.75) is 32.7 Å². The van der Waals surface area contributed by atoms with Crippen LogP contribution in [-0.4, -0.2) is 19.9 Å². The second kappa shape index (κ2) is 4.58. The van der Waals surface area contributed by atoms with Gasteiger partial charge in [-0.3, -0.25) is 0 Å². The highest BCUT2D eigenvalue weighted by Crippen LogP contribution is 2.24. The molecule has 0 aliphatic carbocycles. The molecule has 0 aromatic heterocycles. The summed E-state index contributed by atoms with van der Waals surface area (Å²) in [7, 11) is -5.65. The van der Waals surface area contributed by atoms with Gasteiger partial charge in [0.2, 0.25) is 0 Å². The average Bonchev–Trinajstić information content (AvgIpc) is 2.12. The molecule has 96 valence electrons. The fraction of sp³-hybridized carbons (Fsp3) is 0.857. The van der Waals surface area contributed by atoms with Crippen molar-refractivity contribution in [3.63, 3.8) is 0 Å². The highest BCUT2D eigenvalue weighted by atomic mass is 32.2. The van der Waals surface area contributed by atoms with Crippen LogP contribution in [0.25, 0.3) is 0 Å². The highest BCUT2D eigenvalue weighted by molar-refractivity contribution is 7.90. The van der Waals surface area contributed by atoms with Crippen LogP contribution in [0, 0.1) is 5.41 Å². The normalized spacial score (nSPS) is 13.6. The molecule has 0 aromatic rings. The third-order valence-electron chi connectivity index (χ3n) is 1.99. The molecule has 0 amide bonds. The minimum atomic E-state index is -5.65. The van der Waals surface area contributed by atoms with Gasteiger partial charge in [-0.1, -0.05) is 6.92 Å². The third kappa shape index (κ3) is 3.63. The van der Waals surface area contributed by atoms with Crippen LogP contribution < -0.4 is 4.89 Å². The number of sulfonamides is 1. The van der Waals surface area contributed by atoms with Gasteiger partial charge in [0.1, 0.15) is 0 Å². The molecule has 0 saturated heterocycles. The van der Waals surface area contributed by atoms with E-state index in [1.165, 1.54) is 13.8 Å². The second-order valence-electron chi connectivity index (χ2n) is 3.66. The Morgan fingerprint density at radius 1 is 1.31 bits per heavy atom. The van der Waals surface area contributed by atoms with Gasteiger partial charge in [-0.25, -0.2) is 4.79 Å². The second-order valence-corrected chi connectivity index (χ2v) is 5.30. The molecule has 1 N–H and O–H groups in total. The number of halogens is 3. The van der Waals surface area contributed by atoms with Crippen LogP contribution in [-0.2, 0) is 19.7 Å². The zero-order valence-electron chi connectivity index (χ0n) is 8.88. The minimum absolute atomic E-state index is 0.291. The van der Waals surface area contributed by atoms with Crippen LogP contribution in [0.5, 0.6) is 0 Å². The summed E-state index contributed by atoms with van der Waals surface area (Å²) < 4.78 is 56.4. The van der Waals surface area contributed by atoms with Crippen LogP contribution in [0.4, 0.5) is 13.2 Å². The fourth-order valence-electron chi connectivity index (χ4n) is 0.422. The van der Waals surface area contributed by atoms with E-state index >= 15 is 0 Å². The first-order valence-electron chi connectivity index (χ1n) is 4.23. The summed E-state index contributed by atoms with van der Waals surface area (Å²) >= 11 is 0. The Morgan fingerprint density at radius 3 is 2.06 bits per heavy atom. The van der Waals surface area contributed by atoms with Crippen molar-refractivity contribution < 1.29 is 31.2 Å². The number of nitrogens with one attached hydrogen (secondary N) is 1. The quantitative estimate of drug-likeness (QED) is 0.776. The zero-order valence-corrected chi connectivity index (χ0v) is 9.70. The molecule has 0 bridgehead atoms. The molecule has 0 aliphatic heterocycles. The van der Waals surface area contributed by atoms with Gasteiger partial charge in [0.05, 0.1) is 5.41 Å². The van der Waals surface area contributed by atoms with Crippen LogP contribution >= 0.6 is 0 Å². The van der Waals surface area contributed by atoms with E-state index in [0.29, 0.717) is 6.42 Å². The molecular weight excluding hydrogens is 251 g/mol. The van der Waals surface area contributed by atoms with Gasteiger partial charge >= 0.3 is 21.5 Å². The van der Waals surface area contributed by atoms with Gasteiger partial charge in [-0.15, -0.1) is 0 Å². The molecule has 0 unspecified atom stereocenters. The summed E-state index contributed by atoms with van der Waals surface area (Å²) in [4.78, 5) is 15.8. The largest absolute Gasteiger partial charge is 0.514 e. The molecular formula is C7H12F3NO4S. The zero-order chi connectivity index (χ0) is 13.2. The Kier molecular flexibility index (Phi) is 4.34. The van der Waals surface area contributed by atoms with Crippen LogP contribution in [0.15, 0.2) is 0 Å². The lowest BCUT2D eigenvalue weighted by molar-refractivity contribution is -0.158. The Bertz CT molecular complexity index is 360. The van der Waals surface area contributed by atoms with Crippen molar-refractivity contribution >= 4 is 16.0 Å². The predicted molar refractivity (Wildman–Crippen MR) is 48.3 cm³/mol. The van der Waals surface area contributed by atoms with Crippen molar-refractivity contribution in [3.8, 4) is 0 Å². The summed E-state index contributed by atoms with van der Waals surface area (Å²) in [5.41, 5.74) is -6.57. The van der Waals surface area contributed by atoms with Gasteiger partial charge in [-0.05, 0) is 25.2 Å². The summed E-state index contributed by atoms with van der Waals surface area (Å²) in [6.45, 7) is 4.44. The molecule has 0 rings (SSSR count). The maximum atomic E-state index is 11.8. The van der Waals surface area contributed by atoms with Gasteiger partial charge in [-0.2, -0.15) is 21.6 Å². The summed E-state index contributed by atoms with van der Waals surface area (Å²) in [5, 5.41) is 0. The Balaban J connectivity index is 4.56. The van der Waals surface area contributed by atoms with E-state index in [1.807, 2.05) is 0 Å². The summed E-state index contributed by atoms with van der Waals surface area (Å²) in [5.74, 6) is -1.08. The van der Waals surface area contributed by atoms with E-state index in [9.17, 15) is 26.4 Å². The summed E-state index contributed by atoms with van der Waals surface area (Å²) in [6.07, 6.45) is 0.291. The van der Waals surface area contributed by atoms with Crippen molar-refractivity contribution in [3.05, 3.63) is 0 Å². The smallest absolute Gasteiger partial charge is 0.355 e. The molecule has 0 fully saturated rings. The Morgan fingerprint density at radius 2 is 1.75 bits per heavy atom. The first kappa shape index (κ1) is 15.2. The monoisotopic (exact) mass is 263 g/mol. The van der Waals surface area contributed by atoms with Gasteiger partial charge in [0.25, 0.3) is 0 Å². The van der Waals surface area contributed by atoms with E-state index in [2.05, 4.69) is 4.84 Å². The first-order chi connectivity index (χ1) is 6.94. The number of alkyl halides is 3. The topological polar surface area (TPSA) is 72.5 Å². The number of carbonyl (C=O) groups is 1. The molecule has 0 saturated carbocycles. The van der Waals surface area contributed by atoms with E-state index in [4.69, 9.17) is 0 Å². The standard InChI is InChI=1S/C7H12F3NO4S/c1-4-6(2,3)5(12)15-11-16(13,14)7(8,9)10/h11H,4H2,1-3H3. The van der Waals surface area contributed by atoms with E-state index in [-0.39, 0.29) is 0 Å². The first-order valence-corrected chi connectivity index (χ1v) is 5.71.